The molecule has 1 aliphatic heterocycles. The second kappa shape index (κ2) is 5.11. The van der Waals surface area contributed by atoms with Gasteiger partial charge in [0.2, 0.25) is 5.91 Å². The zero-order valence-electron chi connectivity index (χ0n) is 13.3. The maximum atomic E-state index is 13.0. The van der Waals surface area contributed by atoms with E-state index in [1.54, 1.807) is 11.8 Å². The number of fused-ring (bicyclic) bond motifs is 1. The molecule has 1 aliphatic carbocycles. The second-order valence-corrected chi connectivity index (χ2v) is 7.35. The number of carbonyl (C=O) groups excluding carboxylic acids is 1. The molecule has 1 heterocycles. The molecule has 1 saturated heterocycles. The Balaban J connectivity index is 1.77. The number of rotatable bonds is 2. The van der Waals surface area contributed by atoms with Crippen LogP contribution in [0, 0.1) is 10.8 Å². The van der Waals surface area contributed by atoms with E-state index >= 15 is 0 Å². The molecule has 22 heavy (non-hydrogen) atoms. The summed E-state index contributed by atoms with van der Waals surface area (Å²) in [5, 5.41) is 9.34. The van der Waals surface area contributed by atoms with E-state index in [4.69, 9.17) is 0 Å². The summed E-state index contributed by atoms with van der Waals surface area (Å²) in [6.07, 6.45) is 3.05. The predicted octanol–water partition coefficient (Wildman–Crippen LogP) is 2.50. The first-order valence-corrected chi connectivity index (χ1v) is 7.94. The summed E-state index contributed by atoms with van der Waals surface area (Å²) in [5.41, 5.74) is 1.39. The third-order valence-corrected chi connectivity index (χ3v) is 5.44. The third-order valence-electron chi connectivity index (χ3n) is 5.44. The summed E-state index contributed by atoms with van der Waals surface area (Å²) < 4.78 is 0. The Bertz CT molecular complexity index is 627. The number of amides is 1. The van der Waals surface area contributed by atoms with Gasteiger partial charge in [-0.05, 0) is 43.7 Å². The minimum atomic E-state index is -0.804. The number of hydrogen-bond donors (Lipinski definition) is 1. The summed E-state index contributed by atoms with van der Waals surface area (Å²) in [7, 11) is 0. The Hall–Kier alpha value is -1.84. The molecule has 2 aliphatic rings. The first-order valence-electron chi connectivity index (χ1n) is 7.94. The molecular formula is C18H23NO3. The van der Waals surface area contributed by atoms with Crippen LogP contribution in [0.15, 0.2) is 24.3 Å². The molecule has 1 aromatic carbocycles. The number of benzene rings is 1. The van der Waals surface area contributed by atoms with Gasteiger partial charge in [0.15, 0.2) is 0 Å². The van der Waals surface area contributed by atoms with Crippen molar-refractivity contribution in [2.24, 2.45) is 10.8 Å². The molecule has 2 atom stereocenters. The van der Waals surface area contributed by atoms with Crippen LogP contribution < -0.4 is 0 Å². The van der Waals surface area contributed by atoms with Gasteiger partial charge < -0.3 is 10.0 Å². The van der Waals surface area contributed by atoms with E-state index in [9.17, 15) is 14.7 Å². The number of likely N-dealkylation sites (tertiary alicyclic amines) is 1. The van der Waals surface area contributed by atoms with E-state index < -0.39 is 16.8 Å². The highest BCUT2D eigenvalue weighted by atomic mass is 16.4. The van der Waals surface area contributed by atoms with Gasteiger partial charge in [-0.2, -0.15) is 0 Å². The van der Waals surface area contributed by atoms with Gasteiger partial charge in [0, 0.05) is 13.1 Å². The predicted molar refractivity (Wildman–Crippen MR) is 83.5 cm³/mol. The number of carboxylic acid groups (broad SMARTS) is 1. The fourth-order valence-electron chi connectivity index (χ4n) is 3.77. The van der Waals surface area contributed by atoms with Crippen LogP contribution in [0.1, 0.15) is 37.8 Å². The zero-order valence-corrected chi connectivity index (χ0v) is 13.3. The summed E-state index contributed by atoms with van der Waals surface area (Å²) in [6.45, 7) is 4.65. The quantitative estimate of drug-likeness (QED) is 0.913. The molecule has 4 nitrogen and oxygen atoms in total. The van der Waals surface area contributed by atoms with E-state index in [1.807, 2.05) is 19.1 Å². The van der Waals surface area contributed by atoms with Crippen LogP contribution in [-0.4, -0.2) is 35.0 Å². The number of nitrogens with zero attached hydrogens (tertiary/aromatic N) is 1. The van der Waals surface area contributed by atoms with Crippen LogP contribution in [0.2, 0.25) is 0 Å². The van der Waals surface area contributed by atoms with Crippen molar-refractivity contribution < 1.29 is 14.7 Å². The van der Waals surface area contributed by atoms with E-state index in [1.165, 1.54) is 11.1 Å². The summed E-state index contributed by atoms with van der Waals surface area (Å²) in [6, 6.07) is 8.30. The lowest BCUT2D eigenvalue weighted by molar-refractivity contribution is -0.148. The van der Waals surface area contributed by atoms with Gasteiger partial charge >= 0.3 is 5.97 Å². The highest BCUT2D eigenvalue weighted by Gasteiger charge is 2.47. The third kappa shape index (κ3) is 2.40. The van der Waals surface area contributed by atoms with E-state index in [-0.39, 0.29) is 5.91 Å². The maximum absolute atomic E-state index is 13.0. The molecule has 0 aromatic heterocycles. The number of carbonyl (C=O) groups is 2. The molecule has 4 heteroatoms. The average Bonchev–Trinajstić information content (AvgIpc) is 2.90. The van der Waals surface area contributed by atoms with Crippen LogP contribution in [0.3, 0.4) is 0 Å². The molecule has 1 amide bonds. The highest BCUT2D eigenvalue weighted by Crippen LogP contribution is 2.39. The van der Waals surface area contributed by atoms with Crippen LogP contribution in [0.25, 0.3) is 0 Å². The first-order chi connectivity index (χ1) is 10.3. The first kappa shape index (κ1) is 15.1. The normalized spacial score (nSPS) is 30.9. The van der Waals surface area contributed by atoms with Crippen molar-refractivity contribution in [2.45, 2.75) is 39.5 Å². The standard InChI is InChI=1S/C18H23NO3/c1-17(8-7-13-5-3-4-6-14(13)11-17)15(20)19-10-9-18(2,12-19)16(21)22/h3-6H,7-12H2,1-2H3,(H,21,22). The average molecular weight is 301 g/mol. The van der Waals surface area contributed by atoms with Crippen LogP contribution in [-0.2, 0) is 22.4 Å². The van der Waals surface area contributed by atoms with Crippen molar-refractivity contribution in [2.75, 3.05) is 13.1 Å². The van der Waals surface area contributed by atoms with E-state index in [2.05, 4.69) is 12.1 Å². The largest absolute Gasteiger partial charge is 0.481 e. The highest BCUT2D eigenvalue weighted by molar-refractivity contribution is 5.85. The molecule has 0 spiro atoms. The van der Waals surface area contributed by atoms with Crippen LogP contribution in [0.5, 0.6) is 0 Å². The number of aliphatic carboxylic acids is 1. The van der Waals surface area contributed by atoms with Gasteiger partial charge in [-0.15, -0.1) is 0 Å². The minimum Gasteiger partial charge on any atom is -0.481 e. The number of carboxylic acids is 1. The lowest BCUT2D eigenvalue weighted by Gasteiger charge is -2.37. The molecule has 118 valence electrons. The van der Waals surface area contributed by atoms with Crippen molar-refractivity contribution in [3.05, 3.63) is 35.4 Å². The van der Waals surface area contributed by atoms with Gasteiger partial charge in [0.1, 0.15) is 0 Å². The molecule has 0 bridgehead atoms. The second-order valence-electron chi connectivity index (χ2n) is 7.35. The monoisotopic (exact) mass is 301 g/mol. The van der Waals surface area contributed by atoms with Crippen molar-refractivity contribution in [3.8, 4) is 0 Å². The topological polar surface area (TPSA) is 57.6 Å². The Kier molecular flexibility index (Phi) is 3.50. The SMILES string of the molecule is CC1(C(=O)O)CCN(C(=O)C2(C)CCc3ccccc3C2)C1. The lowest BCUT2D eigenvalue weighted by atomic mass is 9.72. The van der Waals surface area contributed by atoms with Gasteiger partial charge in [-0.3, -0.25) is 9.59 Å². The molecule has 0 saturated carbocycles. The number of hydrogen-bond acceptors (Lipinski definition) is 2. The van der Waals surface area contributed by atoms with E-state index in [0.29, 0.717) is 19.5 Å². The van der Waals surface area contributed by atoms with Crippen LogP contribution in [0.4, 0.5) is 0 Å². The Labute approximate surface area is 131 Å². The molecule has 2 unspecified atom stereocenters. The van der Waals surface area contributed by atoms with Crippen molar-refractivity contribution in [1.29, 1.82) is 0 Å². The van der Waals surface area contributed by atoms with Crippen molar-refractivity contribution in [3.63, 3.8) is 0 Å². The minimum absolute atomic E-state index is 0.118. The summed E-state index contributed by atoms with van der Waals surface area (Å²) in [4.78, 5) is 26.1. The maximum Gasteiger partial charge on any atom is 0.311 e. The Morgan fingerprint density at radius 1 is 1.09 bits per heavy atom. The van der Waals surface area contributed by atoms with Crippen molar-refractivity contribution >= 4 is 11.9 Å². The molecular weight excluding hydrogens is 278 g/mol. The van der Waals surface area contributed by atoms with Gasteiger partial charge in [-0.1, -0.05) is 31.2 Å². The smallest absolute Gasteiger partial charge is 0.311 e. The zero-order chi connectivity index (χ0) is 16.0. The van der Waals surface area contributed by atoms with Gasteiger partial charge in [0.05, 0.1) is 10.8 Å². The lowest BCUT2D eigenvalue weighted by Crippen LogP contribution is -2.45. The Morgan fingerprint density at radius 3 is 2.41 bits per heavy atom. The summed E-state index contributed by atoms with van der Waals surface area (Å²) in [5.74, 6) is -0.686. The molecule has 1 N–H and O–H groups in total. The van der Waals surface area contributed by atoms with E-state index in [0.717, 1.165) is 19.3 Å². The van der Waals surface area contributed by atoms with Crippen molar-refractivity contribution in [1.82, 2.24) is 4.90 Å². The van der Waals surface area contributed by atoms with Crippen LogP contribution >= 0.6 is 0 Å². The van der Waals surface area contributed by atoms with Gasteiger partial charge in [0.25, 0.3) is 0 Å². The van der Waals surface area contributed by atoms with Gasteiger partial charge in [-0.25, -0.2) is 0 Å². The fraction of sp³-hybridized carbons (Fsp3) is 0.556. The Morgan fingerprint density at radius 2 is 1.77 bits per heavy atom. The molecule has 3 rings (SSSR count). The molecule has 0 radical (unpaired) electrons. The summed E-state index contributed by atoms with van der Waals surface area (Å²) >= 11 is 0. The fourth-order valence-corrected chi connectivity index (χ4v) is 3.77. The number of aryl methyl sites for hydroxylation is 1. The molecule has 1 aromatic rings. The molecule has 1 fully saturated rings.